The molecule has 2 aromatic rings. The van der Waals surface area contributed by atoms with Gasteiger partial charge in [0.2, 0.25) is 0 Å². The third-order valence-electron chi connectivity index (χ3n) is 6.41. The maximum atomic E-state index is 13.5. The summed E-state index contributed by atoms with van der Waals surface area (Å²) < 4.78 is 0. The van der Waals surface area contributed by atoms with Crippen LogP contribution in [0.4, 0.5) is 5.00 Å². The lowest BCUT2D eigenvalue weighted by atomic mass is 9.88. The molecule has 1 aromatic heterocycles. The average Bonchev–Trinajstić information content (AvgIpc) is 3.05. The summed E-state index contributed by atoms with van der Waals surface area (Å²) in [4.78, 5) is 29.8. The number of carbonyl (C=O) groups excluding carboxylic acids is 2. The zero-order chi connectivity index (χ0) is 20.5. The molecule has 2 heterocycles. The molecule has 154 valence electrons. The monoisotopic (exact) mass is 410 g/mol. The Bertz CT molecular complexity index is 925. The number of nitrogens with one attached hydrogen (secondary N) is 1. The molecule has 0 saturated carbocycles. The molecule has 2 aliphatic rings. The van der Waals surface area contributed by atoms with Gasteiger partial charge in [0, 0.05) is 23.5 Å². The van der Waals surface area contributed by atoms with Gasteiger partial charge in [0.25, 0.3) is 11.8 Å². The van der Waals surface area contributed by atoms with Crippen LogP contribution in [0.2, 0.25) is 0 Å². The second-order valence-corrected chi connectivity index (χ2v) is 9.90. The van der Waals surface area contributed by atoms with Crippen molar-refractivity contribution < 1.29 is 9.59 Å². The van der Waals surface area contributed by atoms with Gasteiger partial charge in [-0.1, -0.05) is 32.0 Å². The van der Waals surface area contributed by atoms with Gasteiger partial charge in [0.05, 0.1) is 5.56 Å². The Labute approximate surface area is 177 Å². The van der Waals surface area contributed by atoms with Crippen molar-refractivity contribution in [2.75, 3.05) is 18.4 Å². The smallest absolute Gasteiger partial charge is 0.257 e. The van der Waals surface area contributed by atoms with Gasteiger partial charge in [0.1, 0.15) is 5.00 Å². The van der Waals surface area contributed by atoms with Crippen molar-refractivity contribution in [1.29, 1.82) is 0 Å². The van der Waals surface area contributed by atoms with Crippen LogP contribution in [0.3, 0.4) is 0 Å². The van der Waals surface area contributed by atoms with Crippen LogP contribution in [0, 0.1) is 18.8 Å². The molecular formula is C24H30N2O2S. The Hall–Kier alpha value is -2.14. The number of aryl methyl sites for hydroxylation is 1. The van der Waals surface area contributed by atoms with E-state index < -0.39 is 0 Å². The van der Waals surface area contributed by atoms with Gasteiger partial charge >= 0.3 is 0 Å². The predicted molar refractivity (Wildman–Crippen MR) is 119 cm³/mol. The second kappa shape index (κ2) is 8.31. The molecule has 1 atom stereocenters. The van der Waals surface area contributed by atoms with E-state index in [4.69, 9.17) is 0 Å². The molecule has 2 amide bonds. The number of amides is 2. The molecule has 29 heavy (non-hydrogen) atoms. The van der Waals surface area contributed by atoms with Crippen LogP contribution in [0.5, 0.6) is 0 Å². The van der Waals surface area contributed by atoms with E-state index in [1.807, 2.05) is 36.1 Å². The number of hydrogen-bond donors (Lipinski definition) is 1. The normalized spacial score (nSPS) is 19.7. The minimum atomic E-state index is -0.129. The number of carbonyl (C=O) groups is 2. The Morgan fingerprint density at radius 1 is 1.07 bits per heavy atom. The molecule has 5 heteroatoms. The first-order valence-electron chi connectivity index (χ1n) is 10.7. The van der Waals surface area contributed by atoms with Crippen molar-refractivity contribution in [2.24, 2.45) is 11.8 Å². The fourth-order valence-electron chi connectivity index (χ4n) is 4.43. The maximum absolute atomic E-state index is 13.5. The fourth-order valence-corrected chi connectivity index (χ4v) is 5.83. The van der Waals surface area contributed by atoms with E-state index in [9.17, 15) is 9.59 Å². The highest BCUT2D eigenvalue weighted by molar-refractivity contribution is 7.17. The van der Waals surface area contributed by atoms with E-state index in [-0.39, 0.29) is 11.8 Å². The minimum absolute atomic E-state index is 0.101. The van der Waals surface area contributed by atoms with Crippen LogP contribution >= 0.6 is 11.3 Å². The van der Waals surface area contributed by atoms with Crippen molar-refractivity contribution in [3.05, 3.63) is 51.4 Å². The lowest BCUT2D eigenvalue weighted by molar-refractivity contribution is 0.0697. The number of rotatable bonds is 3. The second-order valence-electron chi connectivity index (χ2n) is 8.80. The molecule has 1 saturated heterocycles. The zero-order valence-electron chi connectivity index (χ0n) is 17.6. The first-order valence-corrected chi connectivity index (χ1v) is 11.6. The summed E-state index contributed by atoms with van der Waals surface area (Å²) in [7, 11) is 0. The highest BCUT2D eigenvalue weighted by Crippen LogP contribution is 2.41. The molecule has 4 nitrogen and oxygen atoms in total. The summed E-state index contributed by atoms with van der Waals surface area (Å²) in [5, 5.41) is 3.84. The van der Waals surface area contributed by atoms with Crippen molar-refractivity contribution in [1.82, 2.24) is 4.90 Å². The Balaban J connectivity index is 1.67. The standard InChI is InChI=1S/C24H30N2O2S/c1-15-10-12-26(13-11-15)24(28)21-19-9-8-16(2)14-20(19)29-23(21)25-22(27)18-7-5-4-6-17(18)3/h4-7,15-16H,8-14H2,1-3H3,(H,25,27)/t16-/m1/s1. The zero-order valence-corrected chi connectivity index (χ0v) is 18.4. The SMILES string of the molecule is Cc1ccccc1C(=O)Nc1sc2c(c1C(=O)N1CCC(C)CC1)CC[C@@H](C)C2. The van der Waals surface area contributed by atoms with E-state index in [0.717, 1.165) is 61.3 Å². The van der Waals surface area contributed by atoms with Gasteiger partial charge in [-0.25, -0.2) is 0 Å². The molecule has 0 unspecified atom stereocenters. The Morgan fingerprint density at radius 2 is 1.79 bits per heavy atom. The van der Waals surface area contributed by atoms with Gasteiger partial charge in [-0.3, -0.25) is 9.59 Å². The lowest BCUT2D eigenvalue weighted by Crippen LogP contribution is -2.38. The van der Waals surface area contributed by atoms with Crippen molar-refractivity contribution in [3.63, 3.8) is 0 Å². The molecule has 1 fully saturated rings. The van der Waals surface area contributed by atoms with E-state index in [2.05, 4.69) is 19.2 Å². The molecule has 1 N–H and O–H groups in total. The molecule has 1 aliphatic heterocycles. The van der Waals surface area contributed by atoms with Gasteiger partial charge in [-0.15, -0.1) is 11.3 Å². The van der Waals surface area contributed by atoms with Gasteiger partial charge in [-0.2, -0.15) is 0 Å². The molecule has 0 spiro atoms. The number of thiophene rings is 1. The number of benzene rings is 1. The fraction of sp³-hybridized carbons (Fsp3) is 0.500. The quantitative estimate of drug-likeness (QED) is 0.746. The number of hydrogen-bond acceptors (Lipinski definition) is 3. The Kier molecular flexibility index (Phi) is 5.77. The summed E-state index contributed by atoms with van der Waals surface area (Å²) in [5.74, 6) is 1.27. The summed E-state index contributed by atoms with van der Waals surface area (Å²) in [5.41, 5.74) is 3.54. The van der Waals surface area contributed by atoms with E-state index in [1.54, 1.807) is 11.3 Å². The van der Waals surface area contributed by atoms with Crippen LogP contribution in [-0.2, 0) is 12.8 Å². The Morgan fingerprint density at radius 3 is 2.52 bits per heavy atom. The van der Waals surface area contributed by atoms with Gasteiger partial charge < -0.3 is 10.2 Å². The largest absolute Gasteiger partial charge is 0.339 e. The highest BCUT2D eigenvalue weighted by atomic mass is 32.1. The highest BCUT2D eigenvalue weighted by Gasteiger charge is 2.32. The van der Waals surface area contributed by atoms with Gasteiger partial charge in [-0.05, 0) is 68.1 Å². The van der Waals surface area contributed by atoms with Crippen LogP contribution < -0.4 is 5.32 Å². The number of nitrogens with zero attached hydrogens (tertiary/aromatic N) is 1. The summed E-state index contributed by atoms with van der Waals surface area (Å²) in [6.45, 7) is 8.08. The number of likely N-dealkylation sites (tertiary alicyclic amines) is 1. The van der Waals surface area contributed by atoms with Crippen LogP contribution in [-0.4, -0.2) is 29.8 Å². The van der Waals surface area contributed by atoms with E-state index in [0.29, 0.717) is 17.4 Å². The number of anilines is 1. The first-order chi connectivity index (χ1) is 13.9. The molecule has 4 rings (SSSR count). The van der Waals surface area contributed by atoms with E-state index in [1.165, 1.54) is 10.4 Å². The molecule has 0 bridgehead atoms. The predicted octanol–water partition coefficient (Wildman–Crippen LogP) is 5.31. The van der Waals surface area contributed by atoms with Crippen molar-refractivity contribution in [3.8, 4) is 0 Å². The summed E-state index contributed by atoms with van der Waals surface area (Å²) >= 11 is 1.61. The summed E-state index contributed by atoms with van der Waals surface area (Å²) in [6.07, 6.45) is 5.14. The third-order valence-corrected chi connectivity index (χ3v) is 7.58. The van der Waals surface area contributed by atoms with Crippen molar-refractivity contribution >= 4 is 28.2 Å². The first kappa shape index (κ1) is 20.1. The van der Waals surface area contributed by atoms with Crippen molar-refractivity contribution in [2.45, 2.75) is 52.9 Å². The van der Waals surface area contributed by atoms with E-state index >= 15 is 0 Å². The molecular weight excluding hydrogens is 380 g/mol. The van der Waals surface area contributed by atoms with Gasteiger partial charge in [0.15, 0.2) is 0 Å². The average molecular weight is 411 g/mol. The number of piperidine rings is 1. The van der Waals surface area contributed by atoms with Crippen LogP contribution in [0.25, 0.3) is 0 Å². The molecule has 1 aromatic carbocycles. The number of fused-ring (bicyclic) bond motifs is 1. The maximum Gasteiger partial charge on any atom is 0.257 e. The lowest BCUT2D eigenvalue weighted by Gasteiger charge is -2.31. The molecule has 1 aliphatic carbocycles. The minimum Gasteiger partial charge on any atom is -0.339 e. The molecule has 0 radical (unpaired) electrons. The van der Waals surface area contributed by atoms with Crippen LogP contribution in [0.15, 0.2) is 24.3 Å². The topological polar surface area (TPSA) is 49.4 Å². The third kappa shape index (κ3) is 4.11. The van der Waals surface area contributed by atoms with Crippen LogP contribution in [0.1, 0.15) is 69.8 Å². The summed E-state index contributed by atoms with van der Waals surface area (Å²) in [6, 6.07) is 7.60.